The Hall–Kier alpha value is -1.75. The van der Waals surface area contributed by atoms with Gasteiger partial charge in [-0.1, -0.05) is 5.01 Å². The normalized spacial score (nSPS) is 36.6. The Kier molecular flexibility index (Phi) is 3.95. The molecule has 0 saturated carbocycles. The van der Waals surface area contributed by atoms with Gasteiger partial charge in [-0.15, -0.1) is 0 Å². The van der Waals surface area contributed by atoms with E-state index in [2.05, 4.69) is 10.3 Å². The van der Waals surface area contributed by atoms with Crippen molar-refractivity contribution in [2.45, 2.75) is 24.5 Å². The summed E-state index contributed by atoms with van der Waals surface area (Å²) in [4.78, 5) is 14.7. The van der Waals surface area contributed by atoms with Crippen LogP contribution < -0.4 is 5.32 Å². The molecule has 10 nitrogen and oxygen atoms in total. The van der Waals surface area contributed by atoms with E-state index >= 15 is 0 Å². The average molecular weight is 274 g/mol. The zero-order valence-electron chi connectivity index (χ0n) is 9.79. The molecule has 0 amide bonds. The van der Waals surface area contributed by atoms with E-state index in [-0.39, 0.29) is 12.5 Å². The Labute approximate surface area is 107 Å². The van der Waals surface area contributed by atoms with Crippen LogP contribution in [0, 0.1) is 10.1 Å². The Morgan fingerprint density at radius 1 is 1.58 bits per heavy atom. The summed E-state index contributed by atoms with van der Waals surface area (Å²) in [7, 11) is 0. The summed E-state index contributed by atoms with van der Waals surface area (Å²) in [6, 6.07) is 0. The van der Waals surface area contributed by atoms with E-state index in [1.807, 2.05) is 0 Å². The molecule has 10 heteroatoms. The lowest BCUT2D eigenvalue weighted by atomic mass is 10.1. The van der Waals surface area contributed by atoms with Gasteiger partial charge in [-0.25, -0.2) is 15.1 Å². The average Bonchev–Trinajstić information content (AvgIpc) is 2.67. The highest BCUT2D eigenvalue weighted by atomic mass is 16.7. The van der Waals surface area contributed by atoms with Crippen LogP contribution in [0.3, 0.4) is 0 Å². The summed E-state index contributed by atoms with van der Waals surface area (Å²) in [5.74, 6) is -0.109. The standard InChI is InChI=1S/C9H14N4O6/c14-4-5-6(15)7(16)8(19-5)11-9-10-2-1-3-12(9)13(17)18/h1-2,5-8,14-16H,3-4H2,(H,10,11)/t5-,6-,7-,8-/m1/s1. The van der Waals surface area contributed by atoms with Gasteiger partial charge in [-0.3, -0.25) is 0 Å². The quantitative estimate of drug-likeness (QED) is 0.324. The molecule has 0 aromatic rings. The number of ether oxygens (including phenoxy) is 1. The van der Waals surface area contributed by atoms with Crippen LogP contribution in [0.2, 0.25) is 0 Å². The fraction of sp³-hybridized carbons (Fsp3) is 0.667. The molecule has 0 aromatic carbocycles. The van der Waals surface area contributed by atoms with Crippen molar-refractivity contribution in [1.29, 1.82) is 0 Å². The molecule has 1 fully saturated rings. The molecule has 0 aromatic heterocycles. The SMILES string of the molecule is O=[N+]([O-])N1CC=CNC1=N[C@@H]1O[C@H](CO)[C@@H](O)[C@H]1O. The third-order valence-electron chi connectivity index (χ3n) is 2.82. The van der Waals surface area contributed by atoms with Gasteiger partial charge in [0.05, 0.1) is 6.61 Å². The predicted molar refractivity (Wildman–Crippen MR) is 61.2 cm³/mol. The number of nitro groups is 1. The summed E-state index contributed by atoms with van der Waals surface area (Å²) in [5.41, 5.74) is 0. The van der Waals surface area contributed by atoms with Crippen LogP contribution in [0.25, 0.3) is 0 Å². The molecule has 0 unspecified atom stereocenters. The molecule has 0 bridgehead atoms. The maximum Gasteiger partial charge on any atom is 0.264 e. The van der Waals surface area contributed by atoms with Crippen molar-refractivity contribution in [1.82, 2.24) is 10.3 Å². The first-order valence-electron chi connectivity index (χ1n) is 5.58. The van der Waals surface area contributed by atoms with E-state index in [4.69, 9.17) is 9.84 Å². The van der Waals surface area contributed by atoms with Crippen LogP contribution >= 0.6 is 0 Å². The van der Waals surface area contributed by atoms with Gasteiger partial charge in [0.2, 0.25) is 0 Å². The van der Waals surface area contributed by atoms with Crippen LogP contribution in [-0.2, 0) is 4.74 Å². The Morgan fingerprint density at radius 3 is 2.89 bits per heavy atom. The van der Waals surface area contributed by atoms with Gasteiger partial charge in [-0.2, -0.15) is 0 Å². The van der Waals surface area contributed by atoms with Crippen LogP contribution in [-0.4, -0.2) is 69.0 Å². The molecular formula is C9H14N4O6. The van der Waals surface area contributed by atoms with Crippen molar-refractivity contribution in [3.05, 3.63) is 22.4 Å². The predicted octanol–water partition coefficient (Wildman–Crippen LogP) is -2.61. The highest BCUT2D eigenvalue weighted by molar-refractivity contribution is 5.81. The minimum atomic E-state index is -1.36. The van der Waals surface area contributed by atoms with Crippen LogP contribution in [0.15, 0.2) is 17.3 Å². The van der Waals surface area contributed by atoms with Crippen LogP contribution in [0.5, 0.6) is 0 Å². The number of nitrogens with one attached hydrogen (secondary N) is 1. The second-order valence-corrected chi connectivity index (χ2v) is 4.05. The van der Waals surface area contributed by atoms with E-state index in [1.165, 1.54) is 12.3 Å². The van der Waals surface area contributed by atoms with Gasteiger partial charge in [0.1, 0.15) is 24.9 Å². The van der Waals surface area contributed by atoms with Crippen LogP contribution in [0.4, 0.5) is 0 Å². The fourth-order valence-electron chi connectivity index (χ4n) is 1.80. The summed E-state index contributed by atoms with van der Waals surface area (Å²) >= 11 is 0. The minimum absolute atomic E-state index is 0.0215. The summed E-state index contributed by atoms with van der Waals surface area (Å²) in [6.45, 7) is -0.459. The van der Waals surface area contributed by atoms with Crippen molar-refractivity contribution < 1.29 is 25.1 Å². The number of hydrogen-bond donors (Lipinski definition) is 4. The van der Waals surface area contributed by atoms with Crippen molar-refractivity contribution in [2.24, 2.45) is 4.99 Å². The number of guanidine groups is 1. The molecule has 106 valence electrons. The molecule has 0 radical (unpaired) electrons. The molecular weight excluding hydrogens is 260 g/mol. The zero-order chi connectivity index (χ0) is 14.0. The third-order valence-corrected chi connectivity index (χ3v) is 2.82. The van der Waals surface area contributed by atoms with Crippen molar-refractivity contribution in [3.63, 3.8) is 0 Å². The maximum atomic E-state index is 10.8. The first-order chi connectivity index (χ1) is 9.04. The largest absolute Gasteiger partial charge is 0.394 e. The van der Waals surface area contributed by atoms with Crippen LogP contribution in [0.1, 0.15) is 0 Å². The van der Waals surface area contributed by atoms with E-state index in [0.717, 1.165) is 5.01 Å². The second-order valence-electron chi connectivity index (χ2n) is 4.05. The van der Waals surface area contributed by atoms with Gasteiger partial charge in [0.25, 0.3) is 5.96 Å². The molecule has 19 heavy (non-hydrogen) atoms. The zero-order valence-corrected chi connectivity index (χ0v) is 9.79. The van der Waals surface area contributed by atoms with Crippen molar-refractivity contribution in [2.75, 3.05) is 13.2 Å². The number of aliphatic hydroxyl groups excluding tert-OH is 3. The highest BCUT2D eigenvalue weighted by Gasteiger charge is 2.43. The summed E-state index contributed by atoms with van der Waals surface area (Å²) in [6.07, 6.45) is -1.79. The lowest BCUT2D eigenvalue weighted by Gasteiger charge is -2.20. The molecule has 4 N–H and O–H groups in total. The Balaban J connectivity index is 2.16. The monoisotopic (exact) mass is 274 g/mol. The lowest BCUT2D eigenvalue weighted by molar-refractivity contribution is -0.628. The molecule has 2 aliphatic heterocycles. The van der Waals surface area contributed by atoms with Gasteiger partial charge < -0.3 is 25.4 Å². The number of hydrogen-bond acceptors (Lipinski definition) is 7. The highest BCUT2D eigenvalue weighted by Crippen LogP contribution is 2.22. The van der Waals surface area contributed by atoms with E-state index in [0.29, 0.717) is 0 Å². The molecule has 2 rings (SSSR count). The van der Waals surface area contributed by atoms with Gasteiger partial charge in [0.15, 0.2) is 11.3 Å². The smallest absolute Gasteiger partial charge is 0.264 e. The van der Waals surface area contributed by atoms with E-state index in [1.54, 1.807) is 0 Å². The minimum Gasteiger partial charge on any atom is -0.394 e. The summed E-state index contributed by atoms with van der Waals surface area (Å²) in [5, 5.41) is 41.6. The second kappa shape index (κ2) is 5.48. The fourth-order valence-corrected chi connectivity index (χ4v) is 1.80. The van der Waals surface area contributed by atoms with E-state index in [9.17, 15) is 20.3 Å². The Morgan fingerprint density at radius 2 is 2.32 bits per heavy atom. The van der Waals surface area contributed by atoms with Crippen molar-refractivity contribution >= 4 is 5.96 Å². The molecule has 2 aliphatic rings. The number of hydrazine groups is 1. The third kappa shape index (κ3) is 2.66. The van der Waals surface area contributed by atoms with Crippen molar-refractivity contribution in [3.8, 4) is 0 Å². The number of aliphatic hydroxyl groups is 3. The topological polar surface area (TPSA) is 141 Å². The number of aliphatic imine (C=N–C) groups is 1. The molecule has 0 spiro atoms. The molecule has 0 aliphatic carbocycles. The molecule has 1 saturated heterocycles. The Bertz CT molecular complexity index is 414. The van der Waals surface area contributed by atoms with Gasteiger partial charge in [0, 0.05) is 6.20 Å². The first kappa shape index (κ1) is 13.7. The summed E-state index contributed by atoms with van der Waals surface area (Å²) < 4.78 is 5.12. The number of nitrogens with zero attached hydrogens (tertiary/aromatic N) is 3. The van der Waals surface area contributed by atoms with E-state index < -0.39 is 36.2 Å². The molecule has 2 heterocycles. The first-order valence-corrected chi connectivity index (χ1v) is 5.58. The van der Waals surface area contributed by atoms with Gasteiger partial charge >= 0.3 is 0 Å². The number of rotatable bonds is 3. The molecule has 4 atom stereocenters. The lowest BCUT2D eigenvalue weighted by Crippen LogP contribution is -2.47. The maximum absolute atomic E-state index is 10.8. The van der Waals surface area contributed by atoms with Gasteiger partial charge in [-0.05, 0) is 6.08 Å².